The number of carbonyl (C=O) groups is 1. The summed E-state index contributed by atoms with van der Waals surface area (Å²) in [5.74, 6) is 0. The number of nitrogens with zero attached hydrogens (tertiary/aromatic N) is 1. The molecule has 0 aliphatic rings. The zero-order valence-corrected chi connectivity index (χ0v) is 19.8. The topological polar surface area (TPSA) is 88.1 Å². The van der Waals surface area contributed by atoms with Gasteiger partial charge in [0.25, 0.3) is 0 Å². The Labute approximate surface area is 184 Å². The Morgan fingerprint density at radius 1 is 1.04 bits per heavy atom. The molecule has 28 heavy (non-hydrogen) atoms. The van der Waals surface area contributed by atoms with Gasteiger partial charge in [-0.25, -0.2) is 4.79 Å². The maximum absolute atomic E-state index is 11.4. The molecule has 2 rings (SSSR count). The van der Waals surface area contributed by atoms with Crippen molar-refractivity contribution in [2.24, 2.45) is 5.73 Å². The number of nitriles is 1. The maximum Gasteiger partial charge on any atom is 0.407 e. The summed E-state index contributed by atoms with van der Waals surface area (Å²) in [4.78, 5) is 11.4. The van der Waals surface area contributed by atoms with Crippen LogP contribution >= 0.6 is 31.9 Å². The van der Waals surface area contributed by atoms with E-state index in [1.54, 1.807) is 6.07 Å². The van der Waals surface area contributed by atoms with Gasteiger partial charge in [-0.2, -0.15) is 5.26 Å². The fourth-order valence-electron chi connectivity index (χ4n) is 1.71. The first kappa shape index (κ1) is 26.1. The number of halogens is 2. The van der Waals surface area contributed by atoms with E-state index < -0.39 is 11.7 Å². The van der Waals surface area contributed by atoms with Crippen molar-refractivity contribution < 1.29 is 9.53 Å². The quantitative estimate of drug-likeness (QED) is 0.534. The molecule has 0 atom stereocenters. The summed E-state index contributed by atoms with van der Waals surface area (Å²) >= 11 is 6.69. The van der Waals surface area contributed by atoms with Crippen LogP contribution in [0.3, 0.4) is 0 Å². The molecule has 3 N–H and O–H groups in total. The normalized spacial score (nSPS) is 9.64. The van der Waals surface area contributed by atoms with Crippen molar-refractivity contribution in [3.63, 3.8) is 0 Å². The Morgan fingerprint density at radius 3 is 1.79 bits per heavy atom. The number of nitrogens with one attached hydrogen (secondary N) is 1. The number of hydrogen-bond donors (Lipinski definition) is 2. The molecule has 152 valence electrons. The molecule has 0 fully saturated rings. The summed E-state index contributed by atoms with van der Waals surface area (Å²) in [7, 11) is 0. The van der Waals surface area contributed by atoms with Crippen LogP contribution in [0.5, 0.6) is 0 Å². The van der Waals surface area contributed by atoms with Gasteiger partial charge in [-0.1, -0.05) is 56.1 Å². The van der Waals surface area contributed by atoms with Crippen LogP contribution in [-0.2, 0) is 17.8 Å². The van der Waals surface area contributed by atoms with Crippen LogP contribution in [0.2, 0.25) is 0 Å². The first-order valence-corrected chi connectivity index (χ1v) is 10.2. The lowest BCUT2D eigenvalue weighted by molar-refractivity contribution is 0.0523. The van der Waals surface area contributed by atoms with Crippen LogP contribution in [0, 0.1) is 11.3 Å². The molecule has 0 unspecified atom stereocenters. The molecule has 0 radical (unpaired) electrons. The minimum Gasteiger partial charge on any atom is -0.444 e. The van der Waals surface area contributed by atoms with Gasteiger partial charge in [-0.3, -0.25) is 0 Å². The highest BCUT2D eigenvalue weighted by atomic mass is 79.9. The van der Waals surface area contributed by atoms with E-state index >= 15 is 0 Å². The number of carbonyl (C=O) groups excluding carboxylic acids is 1. The van der Waals surface area contributed by atoms with Gasteiger partial charge >= 0.3 is 6.09 Å². The Hall–Kier alpha value is -1.88. The zero-order valence-electron chi connectivity index (χ0n) is 16.6. The van der Waals surface area contributed by atoms with Crippen LogP contribution in [0.25, 0.3) is 0 Å². The van der Waals surface area contributed by atoms with E-state index in [2.05, 4.69) is 37.2 Å². The Bertz CT molecular complexity index is 734. The van der Waals surface area contributed by atoms with Crippen LogP contribution in [-0.4, -0.2) is 11.7 Å². The van der Waals surface area contributed by atoms with Gasteiger partial charge < -0.3 is 15.8 Å². The number of alkyl carbamates (subject to hydrolysis) is 1. The second kappa shape index (κ2) is 14.2. The Balaban J connectivity index is 0.000000509. The number of ether oxygens (including phenoxy) is 1. The van der Waals surface area contributed by atoms with Crippen molar-refractivity contribution in [3.05, 3.63) is 68.6 Å². The largest absolute Gasteiger partial charge is 0.444 e. The molecule has 2 aromatic rings. The smallest absolute Gasteiger partial charge is 0.407 e. The van der Waals surface area contributed by atoms with Gasteiger partial charge in [0.05, 0.1) is 6.07 Å². The summed E-state index contributed by atoms with van der Waals surface area (Å²) in [6.45, 7) is 8.04. The van der Waals surface area contributed by atoms with E-state index in [1.807, 2.05) is 69.3 Å². The summed E-state index contributed by atoms with van der Waals surface area (Å²) in [5.41, 5.74) is 7.13. The summed E-state index contributed by atoms with van der Waals surface area (Å²) in [6, 6.07) is 17.5. The molecule has 0 spiro atoms. The molecule has 0 saturated heterocycles. The second-order valence-corrected chi connectivity index (χ2v) is 8.37. The zero-order chi connectivity index (χ0) is 21.6. The summed E-state index contributed by atoms with van der Waals surface area (Å²) in [5, 5.41) is 10.0. The third kappa shape index (κ3) is 14.2. The van der Waals surface area contributed by atoms with Crippen LogP contribution < -0.4 is 11.1 Å². The number of hydrogen-bond acceptors (Lipinski definition) is 4. The number of amides is 1. The third-order valence-electron chi connectivity index (χ3n) is 2.90. The average molecular weight is 513 g/mol. The SMILES string of the molecule is CC#N.CC(C)(C)OC(=O)NCc1ccc(Br)cc1.NCc1ccc(Br)cc1. The van der Waals surface area contributed by atoms with Gasteiger partial charge in [0, 0.05) is 29.0 Å². The minimum absolute atomic E-state index is 0.393. The second-order valence-electron chi connectivity index (χ2n) is 6.54. The number of nitrogens with two attached hydrogens (primary N) is 1. The Morgan fingerprint density at radius 2 is 1.43 bits per heavy atom. The Kier molecular flexibility index (Phi) is 13.2. The molecular weight excluding hydrogens is 486 g/mol. The lowest BCUT2D eigenvalue weighted by atomic mass is 10.2. The minimum atomic E-state index is -0.455. The molecule has 0 aromatic heterocycles. The molecule has 7 heteroatoms. The van der Waals surface area contributed by atoms with Gasteiger partial charge in [0.15, 0.2) is 0 Å². The van der Waals surface area contributed by atoms with E-state index in [9.17, 15) is 4.79 Å². The van der Waals surface area contributed by atoms with E-state index in [4.69, 9.17) is 15.7 Å². The molecule has 2 aromatic carbocycles. The highest BCUT2D eigenvalue weighted by Gasteiger charge is 2.15. The van der Waals surface area contributed by atoms with Crippen molar-refractivity contribution >= 4 is 38.0 Å². The van der Waals surface area contributed by atoms with Crippen molar-refractivity contribution in [2.45, 2.75) is 46.4 Å². The first-order chi connectivity index (χ1) is 13.1. The maximum atomic E-state index is 11.4. The molecule has 0 heterocycles. The van der Waals surface area contributed by atoms with E-state index in [0.717, 1.165) is 14.5 Å². The summed E-state index contributed by atoms with van der Waals surface area (Å²) < 4.78 is 7.24. The fourth-order valence-corrected chi connectivity index (χ4v) is 2.24. The molecule has 0 saturated carbocycles. The van der Waals surface area contributed by atoms with E-state index in [-0.39, 0.29) is 0 Å². The van der Waals surface area contributed by atoms with Gasteiger partial charge in [0.2, 0.25) is 0 Å². The lowest BCUT2D eigenvalue weighted by Crippen LogP contribution is -2.32. The van der Waals surface area contributed by atoms with Crippen molar-refractivity contribution in [3.8, 4) is 6.07 Å². The van der Waals surface area contributed by atoms with Crippen LogP contribution in [0.4, 0.5) is 4.79 Å². The number of benzene rings is 2. The highest BCUT2D eigenvalue weighted by molar-refractivity contribution is 9.10. The van der Waals surface area contributed by atoms with Gasteiger partial charge in [-0.15, -0.1) is 0 Å². The average Bonchev–Trinajstić information content (AvgIpc) is 2.62. The molecular formula is C21H27Br2N3O2. The van der Waals surface area contributed by atoms with Crippen LogP contribution in [0.1, 0.15) is 38.8 Å². The van der Waals surface area contributed by atoms with Crippen molar-refractivity contribution in [1.29, 1.82) is 5.26 Å². The van der Waals surface area contributed by atoms with E-state index in [0.29, 0.717) is 13.1 Å². The van der Waals surface area contributed by atoms with E-state index in [1.165, 1.54) is 12.5 Å². The van der Waals surface area contributed by atoms with Gasteiger partial charge in [0.1, 0.15) is 5.60 Å². The number of rotatable bonds is 3. The summed E-state index contributed by atoms with van der Waals surface area (Å²) in [6.07, 6.45) is -0.393. The molecule has 5 nitrogen and oxygen atoms in total. The molecule has 1 amide bonds. The monoisotopic (exact) mass is 511 g/mol. The predicted octanol–water partition coefficient (Wildman–Crippen LogP) is 5.91. The third-order valence-corrected chi connectivity index (χ3v) is 3.96. The standard InChI is InChI=1S/C12H16BrNO2.C7H8BrN.C2H3N/c1-12(2,3)16-11(15)14-8-9-4-6-10(13)7-5-9;8-7-3-1-6(5-9)2-4-7;1-2-3/h4-7H,8H2,1-3H3,(H,14,15);1-4H,5,9H2;1H3. The first-order valence-electron chi connectivity index (χ1n) is 8.58. The van der Waals surface area contributed by atoms with Crippen molar-refractivity contribution in [1.82, 2.24) is 5.32 Å². The molecule has 0 bridgehead atoms. The van der Waals surface area contributed by atoms with Gasteiger partial charge in [-0.05, 0) is 56.2 Å². The predicted molar refractivity (Wildman–Crippen MR) is 121 cm³/mol. The van der Waals surface area contributed by atoms with Crippen molar-refractivity contribution in [2.75, 3.05) is 0 Å². The molecule has 0 aliphatic carbocycles. The lowest BCUT2D eigenvalue weighted by Gasteiger charge is -2.19. The highest BCUT2D eigenvalue weighted by Crippen LogP contribution is 2.11. The molecule has 0 aliphatic heterocycles. The van der Waals surface area contributed by atoms with Crippen LogP contribution in [0.15, 0.2) is 57.5 Å². The fraction of sp³-hybridized carbons (Fsp3) is 0.333.